The highest BCUT2D eigenvalue weighted by atomic mass is 79.9. The van der Waals surface area contributed by atoms with Crippen LogP contribution in [0.15, 0.2) is 22.8 Å². The Labute approximate surface area is 151 Å². The van der Waals surface area contributed by atoms with Crippen molar-refractivity contribution >= 4 is 38.4 Å². The van der Waals surface area contributed by atoms with Crippen molar-refractivity contribution < 1.29 is 9.53 Å². The van der Waals surface area contributed by atoms with Crippen LogP contribution in [0.5, 0.6) is 5.75 Å². The van der Waals surface area contributed by atoms with Crippen molar-refractivity contribution in [3.63, 3.8) is 0 Å². The zero-order valence-corrected chi connectivity index (χ0v) is 16.0. The van der Waals surface area contributed by atoms with Gasteiger partial charge in [0.05, 0.1) is 12.7 Å². The normalized spacial score (nSPS) is 14.1. The lowest BCUT2D eigenvalue weighted by atomic mass is 10.0. The molecule has 130 valence electrons. The number of pyridine rings is 1. The van der Waals surface area contributed by atoms with Crippen molar-refractivity contribution in [2.75, 3.05) is 25.1 Å². The van der Waals surface area contributed by atoms with E-state index in [9.17, 15) is 4.79 Å². The van der Waals surface area contributed by atoms with Crippen molar-refractivity contribution in [3.05, 3.63) is 28.4 Å². The summed E-state index contributed by atoms with van der Waals surface area (Å²) in [6.45, 7) is 6.01. The van der Waals surface area contributed by atoms with Crippen molar-refractivity contribution in [2.45, 2.75) is 33.1 Å². The van der Waals surface area contributed by atoms with Gasteiger partial charge in [-0.2, -0.15) is 0 Å². The first-order valence-electron chi connectivity index (χ1n) is 8.33. The van der Waals surface area contributed by atoms with Gasteiger partial charge >= 0.3 is 0 Å². The number of primary amides is 1. The number of nitrogens with zero attached hydrogens (tertiary/aromatic N) is 2. The molecule has 1 aromatic carbocycles. The molecule has 1 saturated heterocycles. The molecule has 5 nitrogen and oxygen atoms in total. The number of hydrogen-bond acceptors (Lipinski definition) is 4. The number of anilines is 1. The fourth-order valence-electron chi connectivity index (χ4n) is 2.94. The first kappa shape index (κ1) is 18.5. The van der Waals surface area contributed by atoms with Gasteiger partial charge in [-0.15, -0.1) is 0 Å². The van der Waals surface area contributed by atoms with Gasteiger partial charge < -0.3 is 15.4 Å². The summed E-state index contributed by atoms with van der Waals surface area (Å²) >= 11 is 3.51. The Balaban J connectivity index is 0.00000100. The molecular formula is C18H24BrN3O2. The van der Waals surface area contributed by atoms with Crippen molar-refractivity contribution in [2.24, 2.45) is 5.73 Å². The number of halogens is 1. The maximum absolute atomic E-state index is 11.6. The van der Waals surface area contributed by atoms with E-state index >= 15 is 0 Å². The lowest BCUT2D eigenvalue weighted by Gasteiger charge is -2.29. The van der Waals surface area contributed by atoms with E-state index in [2.05, 4.69) is 25.8 Å². The van der Waals surface area contributed by atoms with Gasteiger partial charge in [-0.3, -0.25) is 4.79 Å². The van der Waals surface area contributed by atoms with Crippen LogP contribution in [-0.4, -0.2) is 31.1 Å². The Hall–Kier alpha value is -1.82. The zero-order valence-electron chi connectivity index (χ0n) is 14.4. The molecule has 0 radical (unpaired) electrons. The summed E-state index contributed by atoms with van der Waals surface area (Å²) in [5.41, 5.74) is 5.83. The molecule has 0 unspecified atom stereocenters. The summed E-state index contributed by atoms with van der Waals surface area (Å²) in [5, 5.41) is 1.89. The third-order valence-corrected chi connectivity index (χ3v) is 4.69. The van der Waals surface area contributed by atoms with E-state index in [0.717, 1.165) is 34.2 Å². The van der Waals surface area contributed by atoms with Gasteiger partial charge in [0, 0.05) is 34.5 Å². The molecule has 0 atom stereocenters. The molecule has 1 aliphatic rings. The van der Waals surface area contributed by atoms with Gasteiger partial charge in [-0.25, -0.2) is 4.98 Å². The second-order valence-corrected chi connectivity index (χ2v) is 6.29. The lowest BCUT2D eigenvalue weighted by Crippen LogP contribution is -2.30. The smallest absolute Gasteiger partial charge is 0.252 e. The molecule has 3 rings (SSSR count). The average Bonchev–Trinajstić information content (AvgIpc) is 2.63. The number of methoxy groups -OCH3 is 1. The summed E-state index contributed by atoms with van der Waals surface area (Å²) in [6, 6.07) is 3.63. The molecule has 2 aromatic rings. The number of carbonyl (C=O) groups is 1. The van der Waals surface area contributed by atoms with Crippen LogP contribution in [0.3, 0.4) is 0 Å². The molecule has 0 saturated carbocycles. The van der Waals surface area contributed by atoms with Crippen LogP contribution < -0.4 is 15.4 Å². The van der Waals surface area contributed by atoms with Crippen molar-refractivity contribution in [3.8, 4) is 5.75 Å². The van der Waals surface area contributed by atoms with Crippen LogP contribution >= 0.6 is 15.9 Å². The Morgan fingerprint density at radius 2 is 1.88 bits per heavy atom. The predicted molar refractivity (Wildman–Crippen MR) is 102 cm³/mol. The van der Waals surface area contributed by atoms with Crippen LogP contribution in [0.4, 0.5) is 5.82 Å². The number of nitrogens with two attached hydrogens (primary N) is 1. The number of carbonyl (C=O) groups excluding carboxylic acids is 1. The van der Waals surface area contributed by atoms with E-state index in [-0.39, 0.29) is 0 Å². The number of rotatable bonds is 3. The standard InChI is InChI=1S/C16H18BrN3O2.C2H6/c1-22-14-8-11-10(7-12(14)15(18)21)13(17)9-19-16(11)20-5-3-2-4-6-20;1-2/h7-9H,2-6H2,1H3,(H2,18,21);1-2H3. The topological polar surface area (TPSA) is 68.4 Å². The molecule has 1 aliphatic heterocycles. The highest BCUT2D eigenvalue weighted by Crippen LogP contribution is 2.36. The van der Waals surface area contributed by atoms with Crippen molar-refractivity contribution in [1.82, 2.24) is 4.98 Å². The Kier molecular flexibility index (Phi) is 6.43. The van der Waals surface area contributed by atoms with Crippen LogP contribution in [0, 0.1) is 0 Å². The maximum atomic E-state index is 11.6. The van der Waals surface area contributed by atoms with Gasteiger partial charge in [-0.05, 0) is 47.3 Å². The maximum Gasteiger partial charge on any atom is 0.252 e. The number of benzene rings is 1. The SMILES string of the molecule is CC.COc1cc2c(N3CCCCC3)ncc(Br)c2cc1C(N)=O. The van der Waals surface area contributed by atoms with Crippen LogP contribution in [0.1, 0.15) is 43.5 Å². The second kappa shape index (κ2) is 8.33. The fourth-order valence-corrected chi connectivity index (χ4v) is 3.37. The summed E-state index contributed by atoms with van der Waals surface area (Å²) in [5.74, 6) is 0.923. The highest BCUT2D eigenvalue weighted by molar-refractivity contribution is 9.10. The minimum absolute atomic E-state index is 0.381. The average molecular weight is 394 g/mol. The number of piperidine rings is 1. The summed E-state index contributed by atoms with van der Waals surface area (Å²) in [6.07, 6.45) is 5.40. The molecule has 0 aliphatic carbocycles. The second-order valence-electron chi connectivity index (χ2n) is 5.44. The minimum Gasteiger partial charge on any atom is -0.496 e. The van der Waals surface area contributed by atoms with Gasteiger partial charge in [0.15, 0.2) is 0 Å². The molecule has 1 amide bonds. The van der Waals surface area contributed by atoms with E-state index < -0.39 is 5.91 Å². The summed E-state index contributed by atoms with van der Waals surface area (Å²) in [4.78, 5) is 18.5. The van der Waals surface area contributed by atoms with Gasteiger partial charge in [0.1, 0.15) is 11.6 Å². The monoisotopic (exact) mass is 393 g/mol. The van der Waals surface area contributed by atoms with Gasteiger partial charge in [0.2, 0.25) is 0 Å². The summed E-state index contributed by atoms with van der Waals surface area (Å²) in [7, 11) is 1.54. The Bertz CT molecular complexity index is 728. The number of fused-ring (bicyclic) bond motifs is 1. The fraction of sp³-hybridized carbons (Fsp3) is 0.444. The third-order valence-electron chi connectivity index (χ3n) is 4.06. The van der Waals surface area contributed by atoms with Crippen LogP contribution in [0.25, 0.3) is 10.8 Å². The minimum atomic E-state index is -0.498. The number of ether oxygens (including phenoxy) is 1. The highest BCUT2D eigenvalue weighted by Gasteiger charge is 2.19. The molecule has 0 spiro atoms. The number of aromatic nitrogens is 1. The molecule has 1 aromatic heterocycles. The molecular weight excluding hydrogens is 370 g/mol. The first-order valence-corrected chi connectivity index (χ1v) is 9.12. The Morgan fingerprint density at radius 3 is 2.46 bits per heavy atom. The van der Waals surface area contributed by atoms with E-state index in [0.29, 0.717) is 11.3 Å². The van der Waals surface area contributed by atoms with Gasteiger partial charge in [-0.1, -0.05) is 13.8 Å². The number of hydrogen-bond donors (Lipinski definition) is 1. The van der Waals surface area contributed by atoms with E-state index in [4.69, 9.17) is 10.5 Å². The first-order chi connectivity index (χ1) is 11.6. The molecule has 1 fully saturated rings. The molecule has 6 heteroatoms. The zero-order chi connectivity index (χ0) is 17.7. The van der Waals surface area contributed by atoms with E-state index in [1.54, 1.807) is 19.4 Å². The molecule has 24 heavy (non-hydrogen) atoms. The van der Waals surface area contributed by atoms with Gasteiger partial charge in [0.25, 0.3) is 5.91 Å². The van der Waals surface area contributed by atoms with Crippen molar-refractivity contribution in [1.29, 1.82) is 0 Å². The quantitative estimate of drug-likeness (QED) is 0.850. The van der Waals surface area contributed by atoms with E-state index in [1.807, 2.05) is 19.9 Å². The third kappa shape index (κ3) is 3.64. The van der Waals surface area contributed by atoms with Crippen LogP contribution in [-0.2, 0) is 0 Å². The summed E-state index contributed by atoms with van der Waals surface area (Å²) < 4.78 is 6.18. The molecule has 2 heterocycles. The molecule has 2 N–H and O–H groups in total. The molecule has 0 bridgehead atoms. The van der Waals surface area contributed by atoms with Crippen LogP contribution in [0.2, 0.25) is 0 Å². The largest absolute Gasteiger partial charge is 0.496 e. The lowest BCUT2D eigenvalue weighted by molar-refractivity contribution is 0.0997. The predicted octanol–water partition coefficient (Wildman–Crippen LogP) is 4.12. The van der Waals surface area contributed by atoms with E-state index in [1.165, 1.54) is 19.3 Å². The Morgan fingerprint density at radius 1 is 1.21 bits per heavy atom. The number of amides is 1.